The second-order valence-electron chi connectivity index (χ2n) is 4.79. The van der Waals surface area contributed by atoms with E-state index in [1.54, 1.807) is 0 Å². The lowest BCUT2D eigenvalue weighted by molar-refractivity contribution is 0.140. The van der Waals surface area contributed by atoms with Crippen molar-refractivity contribution in [3.63, 3.8) is 0 Å². The summed E-state index contributed by atoms with van der Waals surface area (Å²) in [5.41, 5.74) is 5.72. The molecule has 2 unspecified atom stereocenters. The van der Waals surface area contributed by atoms with E-state index in [9.17, 15) is 4.79 Å². The van der Waals surface area contributed by atoms with Crippen molar-refractivity contribution in [2.75, 3.05) is 26.2 Å². The molecule has 0 radical (unpaired) electrons. The number of amides is 2. The van der Waals surface area contributed by atoms with Crippen molar-refractivity contribution in [3.8, 4) is 0 Å². The maximum atomic E-state index is 11.8. The first-order valence-electron chi connectivity index (χ1n) is 6.41. The van der Waals surface area contributed by atoms with Crippen LogP contribution in [-0.2, 0) is 0 Å². The molecule has 2 amide bonds. The molecule has 1 rings (SSSR count). The van der Waals surface area contributed by atoms with Crippen LogP contribution in [0.4, 0.5) is 4.79 Å². The summed E-state index contributed by atoms with van der Waals surface area (Å²) >= 11 is 0. The van der Waals surface area contributed by atoms with Gasteiger partial charge in [-0.05, 0) is 31.2 Å². The summed E-state index contributed by atoms with van der Waals surface area (Å²) in [5.74, 6) is 1.11. The predicted octanol–water partition coefficient (Wildman–Crippen LogP) is 1.41. The minimum Gasteiger partial charge on any atom is -0.338 e. The first-order valence-corrected chi connectivity index (χ1v) is 6.41. The molecule has 1 saturated heterocycles. The molecule has 0 aromatic rings. The van der Waals surface area contributed by atoms with E-state index in [0.29, 0.717) is 18.4 Å². The number of unbranched alkanes of at least 4 members (excludes halogenated alkanes) is 1. The van der Waals surface area contributed by atoms with E-state index in [4.69, 9.17) is 5.73 Å². The maximum absolute atomic E-state index is 11.8. The van der Waals surface area contributed by atoms with E-state index in [2.05, 4.69) is 19.2 Å². The van der Waals surface area contributed by atoms with Gasteiger partial charge in [0.2, 0.25) is 0 Å². The van der Waals surface area contributed by atoms with Crippen molar-refractivity contribution < 1.29 is 4.79 Å². The van der Waals surface area contributed by atoms with Crippen LogP contribution >= 0.6 is 0 Å². The Balaban J connectivity index is 2.33. The standard InChI is InChI=1S/C12H25N3O/c1-3-4-6-14-12(16)15-7-5-10(2)11(8-13)9-15/h10-11H,3-9,13H2,1-2H3,(H,14,16). The van der Waals surface area contributed by atoms with Gasteiger partial charge in [-0.3, -0.25) is 0 Å². The van der Waals surface area contributed by atoms with E-state index >= 15 is 0 Å². The minimum atomic E-state index is 0.0822. The average Bonchev–Trinajstić information content (AvgIpc) is 2.30. The largest absolute Gasteiger partial charge is 0.338 e. The number of likely N-dealkylation sites (tertiary alicyclic amines) is 1. The number of piperidine rings is 1. The number of rotatable bonds is 4. The fraction of sp³-hybridized carbons (Fsp3) is 0.917. The summed E-state index contributed by atoms with van der Waals surface area (Å²) in [6, 6.07) is 0.0822. The summed E-state index contributed by atoms with van der Waals surface area (Å²) in [6.45, 7) is 7.50. The Labute approximate surface area is 98.6 Å². The number of nitrogens with zero attached hydrogens (tertiary/aromatic N) is 1. The number of hydrogen-bond acceptors (Lipinski definition) is 2. The molecule has 4 nitrogen and oxygen atoms in total. The Bertz CT molecular complexity index is 220. The molecule has 0 aromatic carbocycles. The lowest BCUT2D eigenvalue weighted by Gasteiger charge is -2.36. The van der Waals surface area contributed by atoms with Crippen LogP contribution in [-0.4, -0.2) is 37.1 Å². The summed E-state index contributed by atoms with van der Waals surface area (Å²) < 4.78 is 0. The highest BCUT2D eigenvalue weighted by Gasteiger charge is 2.27. The second-order valence-corrected chi connectivity index (χ2v) is 4.79. The van der Waals surface area contributed by atoms with Gasteiger partial charge >= 0.3 is 6.03 Å². The summed E-state index contributed by atoms with van der Waals surface area (Å²) in [6.07, 6.45) is 3.24. The normalized spacial score (nSPS) is 25.6. The zero-order chi connectivity index (χ0) is 12.0. The van der Waals surface area contributed by atoms with E-state index in [1.807, 2.05) is 4.90 Å². The first-order chi connectivity index (χ1) is 7.69. The number of nitrogens with two attached hydrogens (primary N) is 1. The van der Waals surface area contributed by atoms with Gasteiger partial charge in [-0.2, -0.15) is 0 Å². The molecule has 0 bridgehead atoms. The van der Waals surface area contributed by atoms with Crippen LogP contribution in [0.3, 0.4) is 0 Å². The topological polar surface area (TPSA) is 58.4 Å². The Morgan fingerprint density at radius 2 is 2.31 bits per heavy atom. The Kier molecular flexibility index (Phi) is 5.60. The number of hydrogen-bond donors (Lipinski definition) is 2. The van der Waals surface area contributed by atoms with Gasteiger partial charge in [0.25, 0.3) is 0 Å². The van der Waals surface area contributed by atoms with Crippen LogP contribution in [0.1, 0.15) is 33.1 Å². The lowest BCUT2D eigenvalue weighted by atomic mass is 9.87. The highest BCUT2D eigenvalue weighted by Crippen LogP contribution is 2.21. The molecule has 1 aliphatic rings. The monoisotopic (exact) mass is 227 g/mol. The lowest BCUT2D eigenvalue weighted by Crippen LogP contribution is -2.49. The SMILES string of the molecule is CCCCNC(=O)N1CCC(C)C(CN)C1. The van der Waals surface area contributed by atoms with Gasteiger partial charge in [0.05, 0.1) is 0 Å². The van der Waals surface area contributed by atoms with Crippen LogP contribution in [0.25, 0.3) is 0 Å². The number of nitrogens with one attached hydrogen (secondary N) is 1. The molecule has 0 saturated carbocycles. The molecule has 3 N–H and O–H groups in total. The summed E-state index contributed by atoms with van der Waals surface area (Å²) in [4.78, 5) is 13.7. The van der Waals surface area contributed by atoms with Crippen molar-refractivity contribution in [1.29, 1.82) is 0 Å². The zero-order valence-corrected chi connectivity index (χ0v) is 10.5. The Morgan fingerprint density at radius 1 is 1.56 bits per heavy atom. The van der Waals surface area contributed by atoms with Crippen molar-refractivity contribution in [1.82, 2.24) is 10.2 Å². The third-order valence-electron chi connectivity index (χ3n) is 3.51. The van der Waals surface area contributed by atoms with E-state index < -0.39 is 0 Å². The number of carbonyl (C=O) groups excluding carboxylic acids is 1. The van der Waals surface area contributed by atoms with Crippen molar-refractivity contribution >= 4 is 6.03 Å². The molecule has 0 aromatic heterocycles. The fourth-order valence-corrected chi connectivity index (χ4v) is 2.12. The Morgan fingerprint density at radius 3 is 2.94 bits per heavy atom. The van der Waals surface area contributed by atoms with Gasteiger partial charge in [0, 0.05) is 19.6 Å². The third-order valence-corrected chi connectivity index (χ3v) is 3.51. The van der Waals surface area contributed by atoms with Gasteiger partial charge in [0.1, 0.15) is 0 Å². The maximum Gasteiger partial charge on any atom is 0.317 e. The van der Waals surface area contributed by atoms with Gasteiger partial charge in [-0.1, -0.05) is 20.3 Å². The molecule has 0 aliphatic carbocycles. The van der Waals surface area contributed by atoms with E-state index in [1.165, 1.54) is 0 Å². The molecule has 4 heteroatoms. The third kappa shape index (κ3) is 3.67. The van der Waals surface area contributed by atoms with Gasteiger partial charge in [0.15, 0.2) is 0 Å². The van der Waals surface area contributed by atoms with Gasteiger partial charge in [-0.15, -0.1) is 0 Å². The van der Waals surface area contributed by atoms with Crippen LogP contribution in [0, 0.1) is 11.8 Å². The number of carbonyl (C=O) groups is 1. The molecule has 94 valence electrons. The highest BCUT2D eigenvalue weighted by atomic mass is 16.2. The minimum absolute atomic E-state index is 0.0822. The summed E-state index contributed by atoms with van der Waals surface area (Å²) in [5, 5.41) is 2.96. The molecular weight excluding hydrogens is 202 g/mol. The highest BCUT2D eigenvalue weighted by molar-refractivity contribution is 5.74. The zero-order valence-electron chi connectivity index (χ0n) is 10.5. The molecular formula is C12H25N3O. The number of urea groups is 1. The van der Waals surface area contributed by atoms with Crippen LogP contribution in [0.15, 0.2) is 0 Å². The molecule has 1 fully saturated rings. The van der Waals surface area contributed by atoms with Crippen molar-refractivity contribution in [2.45, 2.75) is 33.1 Å². The van der Waals surface area contributed by atoms with Crippen molar-refractivity contribution in [3.05, 3.63) is 0 Å². The molecule has 1 aliphatic heterocycles. The first kappa shape index (κ1) is 13.3. The predicted molar refractivity (Wildman–Crippen MR) is 66.2 cm³/mol. The average molecular weight is 227 g/mol. The quantitative estimate of drug-likeness (QED) is 0.713. The van der Waals surface area contributed by atoms with E-state index in [-0.39, 0.29) is 6.03 Å². The van der Waals surface area contributed by atoms with Crippen LogP contribution in [0.5, 0.6) is 0 Å². The smallest absolute Gasteiger partial charge is 0.317 e. The molecule has 1 heterocycles. The Hall–Kier alpha value is -0.770. The molecule has 2 atom stereocenters. The molecule has 16 heavy (non-hydrogen) atoms. The van der Waals surface area contributed by atoms with Crippen LogP contribution < -0.4 is 11.1 Å². The van der Waals surface area contributed by atoms with Gasteiger partial charge in [-0.25, -0.2) is 4.79 Å². The van der Waals surface area contributed by atoms with E-state index in [0.717, 1.165) is 38.9 Å². The van der Waals surface area contributed by atoms with Crippen LogP contribution in [0.2, 0.25) is 0 Å². The van der Waals surface area contributed by atoms with Crippen molar-refractivity contribution in [2.24, 2.45) is 17.6 Å². The molecule has 0 spiro atoms. The summed E-state index contributed by atoms with van der Waals surface area (Å²) in [7, 11) is 0. The van der Waals surface area contributed by atoms with Gasteiger partial charge < -0.3 is 16.0 Å². The fourth-order valence-electron chi connectivity index (χ4n) is 2.12. The second kappa shape index (κ2) is 6.74.